The largest absolute Gasteiger partial charge is 0.385 e. The number of hydrogen-bond acceptors (Lipinski definition) is 5. The predicted molar refractivity (Wildman–Crippen MR) is 101 cm³/mol. The maximum Gasteiger partial charge on any atom is 0.271 e. The molecule has 1 amide bonds. The monoisotopic (exact) mass is 353 g/mol. The first-order valence-electron chi connectivity index (χ1n) is 8.67. The first-order valence-corrected chi connectivity index (χ1v) is 8.67. The number of ether oxygens (including phenoxy) is 1. The molecule has 0 atom stereocenters. The molecule has 0 fully saturated rings. The molecule has 0 unspecified atom stereocenters. The SMILES string of the molecule is COCCCNC(=O)c1ccc(NCCc2c[nH]c3ccccc23)nn1. The molecule has 0 aliphatic rings. The van der Waals surface area contributed by atoms with Crippen LogP contribution in [0.1, 0.15) is 22.5 Å². The van der Waals surface area contributed by atoms with Crippen LogP contribution in [0.25, 0.3) is 10.9 Å². The first kappa shape index (κ1) is 17.9. The quantitative estimate of drug-likeness (QED) is 0.514. The number of anilines is 1. The number of amides is 1. The average molecular weight is 353 g/mol. The number of methoxy groups -OCH3 is 1. The maximum absolute atomic E-state index is 11.9. The summed E-state index contributed by atoms with van der Waals surface area (Å²) < 4.78 is 4.94. The highest BCUT2D eigenvalue weighted by molar-refractivity contribution is 5.92. The topological polar surface area (TPSA) is 91.9 Å². The van der Waals surface area contributed by atoms with Crippen LogP contribution in [-0.4, -0.2) is 47.9 Å². The van der Waals surface area contributed by atoms with E-state index in [0.717, 1.165) is 24.9 Å². The van der Waals surface area contributed by atoms with Crippen molar-refractivity contribution in [2.75, 3.05) is 32.1 Å². The fraction of sp³-hybridized carbons (Fsp3) is 0.316. The zero-order chi connectivity index (χ0) is 18.2. The Balaban J connectivity index is 1.47. The second-order valence-corrected chi connectivity index (χ2v) is 5.94. The highest BCUT2D eigenvalue weighted by Crippen LogP contribution is 2.18. The molecule has 3 rings (SSSR count). The number of fused-ring (bicyclic) bond motifs is 1. The second kappa shape index (κ2) is 8.96. The van der Waals surface area contributed by atoms with E-state index >= 15 is 0 Å². The summed E-state index contributed by atoms with van der Waals surface area (Å²) in [6.07, 6.45) is 3.67. The van der Waals surface area contributed by atoms with Crippen molar-refractivity contribution in [1.82, 2.24) is 20.5 Å². The third-order valence-corrected chi connectivity index (χ3v) is 4.08. The molecule has 0 aliphatic carbocycles. The van der Waals surface area contributed by atoms with Crippen molar-refractivity contribution in [3.05, 3.63) is 53.9 Å². The highest BCUT2D eigenvalue weighted by atomic mass is 16.5. The number of aromatic amines is 1. The molecule has 1 aromatic carbocycles. The Kier molecular flexibility index (Phi) is 6.16. The van der Waals surface area contributed by atoms with E-state index in [1.165, 1.54) is 10.9 Å². The van der Waals surface area contributed by atoms with Gasteiger partial charge in [0.1, 0.15) is 5.82 Å². The number of carbonyl (C=O) groups excluding carboxylic acids is 1. The summed E-state index contributed by atoms with van der Waals surface area (Å²) in [5.74, 6) is 0.430. The molecule has 0 radical (unpaired) electrons. The van der Waals surface area contributed by atoms with Crippen LogP contribution >= 0.6 is 0 Å². The lowest BCUT2D eigenvalue weighted by Crippen LogP contribution is -2.26. The summed E-state index contributed by atoms with van der Waals surface area (Å²) in [6.45, 7) is 1.91. The molecular weight excluding hydrogens is 330 g/mol. The van der Waals surface area contributed by atoms with Gasteiger partial charge in [-0.1, -0.05) is 18.2 Å². The number of aromatic nitrogens is 3. The minimum absolute atomic E-state index is 0.223. The molecule has 7 nitrogen and oxygen atoms in total. The predicted octanol–water partition coefficient (Wildman–Crippen LogP) is 2.38. The van der Waals surface area contributed by atoms with E-state index in [1.807, 2.05) is 18.3 Å². The molecule has 0 saturated heterocycles. The summed E-state index contributed by atoms with van der Waals surface area (Å²) in [5.41, 5.74) is 2.71. The van der Waals surface area contributed by atoms with E-state index in [9.17, 15) is 4.79 Å². The Morgan fingerprint density at radius 1 is 1.15 bits per heavy atom. The zero-order valence-corrected chi connectivity index (χ0v) is 14.8. The molecule has 26 heavy (non-hydrogen) atoms. The van der Waals surface area contributed by atoms with Crippen LogP contribution in [0.15, 0.2) is 42.6 Å². The molecule has 3 aromatic rings. The second-order valence-electron chi connectivity index (χ2n) is 5.94. The first-order chi connectivity index (χ1) is 12.8. The molecule has 2 heterocycles. The lowest BCUT2D eigenvalue weighted by molar-refractivity contribution is 0.0942. The van der Waals surface area contributed by atoms with Gasteiger partial charge >= 0.3 is 0 Å². The van der Waals surface area contributed by atoms with Crippen LogP contribution in [0.2, 0.25) is 0 Å². The van der Waals surface area contributed by atoms with Crippen molar-refractivity contribution in [3.63, 3.8) is 0 Å². The van der Waals surface area contributed by atoms with Gasteiger partial charge in [0, 0.05) is 43.9 Å². The number of hydrogen-bond donors (Lipinski definition) is 3. The van der Waals surface area contributed by atoms with E-state index in [-0.39, 0.29) is 5.91 Å². The molecule has 7 heteroatoms. The van der Waals surface area contributed by atoms with E-state index < -0.39 is 0 Å². The summed E-state index contributed by atoms with van der Waals surface area (Å²) in [5, 5.41) is 15.3. The van der Waals surface area contributed by atoms with Gasteiger partial charge in [0.05, 0.1) is 0 Å². The third-order valence-electron chi connectivity index (χ3n) is 4.08. The molecule has 3 N–H and O–H groups in total. The lowest BCUT2D eigenvalue weighted by atomic mass is 10.1. The van der Waals surface area contributed by atoms with Crippen molar-refractivity contribution >= 4 is 22.6 Å². The van der Waals surface area contributed by atoms with Gasteiger partial charge in [0.25, 0.3) is 5.91 Å². The molecule has 0 bridgehead atoms. The van der Waals surface area contributed by atoms with Crippen LogP contribution in [0, 0.1) is 0 Å². The van der Waals surface area contributed by atoms with Crippen LogP contribution < -0.4 is 10.6 Å². The molecule has 0 saturated carbocycles. The van der Waals surface area contributed by atoms with Crippen LogP contribution in [0.5, 0.6) is 0 Å². The number of carbonyl (C=O) groups is 1. The summed E-state index contributed by atoms with van der Waals surface area (Å²) in [4.78, 5) is 15.2. The van der Waals surface area contributed by atoms with Gasteiger partial charge in [0.2, 0.25) is 0 Å². The summed E-state index contributed by atoms with van der Waals surface area (Å²) >= 11 is 0. The number of nitrogens with zero attached hydrogens (tertiary/aromatic N) is 2. The van der Waals surface area contributed by atoms with Crippen LogP contribution in [0.4, 0.5) is 5.82 Å². The van der Waals surface area contributed by atoms with Crippen LogP contribution in [0.3, 0.4) is 0 Å². The van der Waals surface area contributed by atoms with E-state index in [4.69, 9.17) is 4.74 Å². The van der Waals surface area contributed by atoms with Gasteiger partial charge in [-0.05, 0) is 36.6 Å². The number of nitrogens with one attached hydrogen (secondary N) is 3. The average Bonchev–Trinajstić information content (AvgIpc) is 3.09. The van der Waals surface area contributed by atoms with Crippen molar-refractivity contribution in [1.29, 1.82) is 0 Å². The van der Waals surface area contributed by atoms with Gasteiger partial charge in [-0.25, -0.2) is 0 Å². The molecule has 0 aliphatic heterocycles. The number of H-pyrrole nitrogens is 1. The Morgan fingerprint density at radius 2 is 2.04 bits per heavy atom. The van der Waals surface area contributed by atoms with Crippen molar-refractivity contribution in [3.8, 4) is 0 Å². The Labute approximate surface area is 152 Å². The number of para-hydroxylation sites is 1. The normalized spacial score (nSPS) is 10.8. The molecule has 0 spiro atoms. The van der Waals surface area contributed by atoms with Crippen molar-refractivity contribution in [2.45, 2.75) is 12.8 Å². The van der Waals surface area contributed by atoms with Gasteiger partial charge in [-0.3, -0.25) is 4.79 Å². The fourth-order valence-electron chi connectivity index (χ4n) is 2.72. The minimum atomic E-state index is -0.223. The van der Waals surface area contributed by atoms with Gasteiger partial charge < -0.3 is 20.4 Å². The lowest BCUT2D eigenvalue weighted by Gasteiger charge is -2.06. The zero-order valence-electron chi connectivity index (χ0n) is 14.8. The van der Waals surface area contributed by atoms with Crippen molar-refractivity contribution in [2.24, 2.45) is 0 Å². The van der Waals surface area contributed by atoms with E-state index in [2.05, 4.69) is 37.9 Å². The highest BCUT2D eigenvalue weighted by Gasteiger charge is 2.08. The number of benzene rings is 1. The third kappa shape index (κ3) is 4.58. The Bertz CT molecular complexity index is 845. The van der Waals surface area contributed by atoms with Gasteiger partial charge in [-0.2, -0.15) is 0 Å². The minimum Gasteiger partial charge on any atom is -0.385 e. The van der Waals surface area contributed by atoms with E-state index in [1.54, 1.807) is 19.2 Å². The van der Waals surface area contributed by atoms with Gasteiger partial charge in [-0.15, -0.1) is 10.2 Å². The Hall–Kier alpha value is -2.93. The number of rotatable bonds is 9. The smallest absolute Gasteiger partial charge is 0.271 e. The Morgan fingerprint density at radius 3 is 2.85 bits per heavy atom. The van der Waals surface area contributed by atoms with Gasteiger partial charge in [0.15, 0.2) is 5.69 Å². The molecule has 136 valence electrons. The van der Waals surface area contributed by atoms with Crippen molar-refractivity contribution < 1.29 is 9.53 Å². The molecule has 2 aromatic heterocycles. The summed E-state index contributed by atoms with van der Waals surface area (Å²) in [7, 11) is 1.64. The van der Waals surface area contributed by atoms with Crippen LogP contribution in [-0.2, 0) is 11.2 Å². The summed E-state index contributed by atoms with van der Waals surface area (Å²) in [6, 6.07) is 11.7. The standard InChI is InChI=1S/C19H23N5O2/c1-26-12-4-10-21-19(25)17-7-8-18(24-23-17)20-11-9-14-13-22-16-6-3-2-5-15(14)16/h2-3,5-8,13,22H,4,9-12H2,1H3,(H,20,24)(H,21,25). The maximum atomic E-state index is 11.9. The fourth-order valence-corrected chi connectivity index (χ4v) is 2.72. The molecular formula is C19H23N5O2. The van der Waals surface area contributed by atoms with E-state index in [0.29, 0.717) is 24.7 Å².